The van der Waals surface area contributed by atoms with E-state index in [0.717, 1.165) is 31.6 Å². The van der Waals surface area contributed by atoms with Crippen molar-refractivity contribution in [3.05, 3.63) is 29.3 Å². The molecule has 0 radical (unpaired) electrons. The van der Waals surface area contributed by atoms with Gasteiger partial charge in [-0.2, -0.15) is 0 Å². The summed E-state index contributed by atoms with van der Waals surface area (Å²) in [7, 11) is -3.21. The topological polar surface area (TPSA) is 58.2 Å². The highest BCUT2D eigenvalue weighted by Gasteiger charge is 2.33. The van der Waals surface area contributed by atoms with Gasteiger partial charge in [0.15, 0.2) is 0 Å². The number of fused-ring (bicyclic) bond motifs is 3. The van der Waals surface area contributed by atoms with Gasteiger partial charge in [0.1, 0.15) is 0 Å². The van der Waals surface area contributed by atoms with Crippen LogP contribution in [0.1, 0.15) is 29.9 Å². The first kappa shape index (κ1) is 15.6. The molecule has 112 valence electrons. The summed E-state index contributed by atoms with van der Waals surface area (Å²) in [6.07, 6.45) is 4.57. The molecular weight excluding hydrogens is 296 g/mol. The molecule has 20 heavy (non-hydrogen) atoms. The number of sulfonamides is 1. The van der Waals surface area contributed by atoms with Crippen LogP contribution in [-0.2, 0) is 16.4 Å². The predicted octanol–water partition coefficient (Wildman–Crippen LogP) is 2.12. The Bertz CT molecular complexity index is 589. The van der Waals surface area contributed by atoms with Gasteiger partial charge in [-0.25, -0.2) is 8.42 Å². The first-order valence-electron chi connectivity index (χ1n) is 6.85. The van der Waals surface area contributed by atoms with E-state index in [4.69, 9.17) is 0 Å². The van der Waals surface area contributed by atoms with Crippen LogP contribution in [0.3, 0.4) is 0 Å². The SMILES string of the molecule is CS(=O)(=O)Nc1cccc2c1[C@@H]1CCNC[C@H]1CC2.Cl. The minimum atomic E-state index is -3.21. The molecule has 1 saturated heterocycles. The zero-order valence-corrected chi connectivity index (χ0v) is 13.2. The number of rotatable bonds is 2. The van der Waals surface area contributed by atoms with Crippen LogP contribution in [0.2, 0.25) is 0 Å². The molecule has 0 bridgehead atoms. The van der Waals surface area contributed by atoms with Gasteiger partial charge in [-0.3, -0.25) is 4.72 Å². The average molecular weight is 317 g/mol. The van der Waals surface area contributed by atoms with Crippen molar-refractivity contribution in [3.8, 4) is 0 Å². The van der Waals surface area contributed by atoms with Crippen LogP contribution in [0.25, 0.3) is 0 Å². The number of piperidine rings is 1. The summed E-state index contributed by atoms with van der Waals surface area (Å²) in [6.45, 7) is 2.07. The molecular formula is C14H21ClN2O2S. The van der Waals surface area contributed by atoms with Crippen molar-refractivity contribution in [1.29, 1.82) is 0 Å². The van der Waals surface area contributed by atoms with E-state index in [-0.39, 0.29) is 12.4 Å². The lowest BCUT2D eigenvalue weighted by Crippen LogP contribution is -2.38. The fourth-order valence-corrected chi connectivity index (χ4v) is 4.08. The number of halogens is 1. The molecule has 1 fully saturated rings. The highest BCUT2D eigenvalue weighted by Crippen LogP contribution is 2.43. The van der Waals surface area contributed by atoms with Crippen molar-refractivity contribution in [3.63, 3.8) is 0 Å². The van der Waals surface area contributed by atoms with Crippen molar-refractivity contribution in [2.45, 2.75) is 25.2 Å². The van der Waals surface area contributed by atoms with Crippen LogP contribution in [0.5, 0.6) is 0 Å². The lowest BCUT2D eigenvalue weighted by Gasteiger charge is -2.38. The van der Waals surface area contributed by atoms with Crippen LogP contribution in [0.4, 0.5) is 5.69 Å². The van der Waals surface area contributed by atoms with Crippen molar-refractivity contribution in [1.82, 2.24) is 5.32 Å². The van der Waals surface area contributed by atoms with Crippen molar-refractivity contribution < 1.29 is 8.42 Å². The number of hydrogen-bond acceptors (Lipinski definition) is 3. The fraction of sp³-hybridized carbons (Fsp3) is 0.571. The van der Waals surface area contributed by atoms with Crippen molar-refractivity contribution in [2.24, 2.45) is 5.92 Å². The van der Waals surface area contributed by atoms with E-state index in [1.54, 1.807) is 0 Å². The van der Waals surface area contributed by atoms with Crippen LogP contribution < -0.4 is 10.0 Å². The number of aryl methyl sites for hydroxylation is 1. The maximum atomic E-state index is 11.5. The maximum Gasteiger partial charge on any atom is 0.229 e. The first-order chi connectivity index (χ1) is 9.04. The van der Waals surface area contributed by atoms with Gasteiger partial charge in [0.05, 0.1) is 11.9 Å². The quantitative estimate of drug-likeness (QED) is 0.878. The molecule has 1 aromatic carbocycles. The van der Waals surface area contributed by atoms with Gasteiger partial charge in [0.2, 0.25) is 10.0 Å². The van der Waals surface area contributed by atoms with E-state index >= 15 is 0 Å². The molecule has 0 unspecified atom stereocenters. The van der Waals surface area contributed by atoms with E-state index in [0.29, 0.717) is 11.8 Å². The van der Waals surface area contributed by atoms with E-state index < -0.39 is 10.0 Å². The molecule has 1 heterocycles. The second kappa shape index (κ2) is 5.92. The first-order valence-corrected chi connectivity index (χ1v) is 8.74. The predicted molar refractivity (Wildman–Crippen MR) is 84.2 cm³/mol. The molecule has 1 aromatic rings. The fourth-order valence-electron chi connectivity index (χ4n) is 3.50. The highest BCUT2D eigenvalue weighted by atomic mass is 35.5. The second-order valence-electron chi connectivity index (χ2n) is 5.65. The van der Waals surface area contributed by atoms with Crippen LogP contribution in [-0.4, -0.2) is 27.8 Å². The third-order valence-electron chi connectivity index (χ3n) is 4.25. The van der Waals surface area contributed by atoms with Crippen molar-refractivity contribution >= 4 is 28.1 Å². The standard InChI is InChI=1S/C14H20N2O2S.ClH/c1-19(17,18)16-13-4-2-3-10-5-6-11-9-15-8-7-12(11)14(10)13;/h2-4,11-12,15-16H,5-9H2,1H3;1H/t11-,12-;/m1./s1. The molecule has 0 aromatic heterocycles. The third-order valence-corrected chi connectivity index (χ3v) is 4.85. The summed E-state index contributed by atoms with van der Waals surface area (Å²) in [5.41, 5.74) is 3.35. The van der Waals surface area contributed by atoms with E-state index in [1.165, 1.54) is 23.8 Å². The molecule has 2 atom stereocenters. The summed E-state index contributed by atoms with van der Waals surface area (Å²) >= 11 is 0. The van der Waals surface area contributed by atoms with Crippen LogP contribution >= 0.6 is 12.4 Å². The molecule has 2 aliphatic rings. The van der Waals surface area contributed by atoms with Gasteiger partial charge in [-0.15, -0.1) is 12.4 Å². The van der Waals surface area contributed by atoms with Gasteiger partial charge in [0, 0.05) is 0 Å². The zero-order valence-electron chi connectivity index (χ0n) is 11.6. The summed E-state index contributed by atoms with van der Waals surface area (Å²) in [6, 6.07) is 5.99. The largest absolute Gasteiger partial charge is 0.316 e. The highest BCUT2D eigenvalue weighted by molar-refractivity contribution is 7.92. The molecule has 3 rings (SSSR count). The molecule has 0 amide bonds. The third kappa shape index (κ3) is 3.10. The minimum absolute atomic E-state index is 0. The Morgan fingerprint density at radius 3 is 2.85 bits per heavy atom. The Hall–Kier alpha value is -0.780. The normalized spacial score (nSPS) is 25.1. The van der Waals surface area contributed by atoms with E-state index in [9.17, 15) is 8.42 Å². The molecule has 0 saturated carbocycles. The summed E-state index contributed by atoms with van der Waals surface area (Å²) in [5, 5.41) is 3.44. The average Bonchev–Trinajstić information content (AvgIpc) is 2.37. The summed E-state index contributed by atoms with van der Waals surface area (Å²) < 4.78 is 25.7. The Morgan fingerprint density at radius 2 is 2.10 bits per heavy atom. The summed E-state index contributed by atoms with van der Waals surface area (Å²) in [5.74, 6) is 1.14. The van der Waals surface area contributed by atoms with Gasteiger partial charge in [-0.1, -0.05) is 12.1 Å². The second-order valence-corrected chi connectivity index (χ2v) is 7.40. The Kier molecular flexibility index (Phi) is 4.62. The Morgan fingerprint density at radius 1 is 1.30 bits per heavy atom. The van der Waals surface area contributed by atoms with Gasteiger partial charge < -0.3 is 5.32 Å². The van der Waals surface area contributed by atoms with Gasteiger partial charge in [0.25, 0.3) is 0 Å². The lowest BCUT2D eigenvalue weighted by molar-refractivity contribution is 0.294. The number of benzene rings is 1. The Balaban J connectivity index is 0.00000147. The van der Waals surface area contributed by atoms with Crippen LogP contribution in [0.15, 0.2) is 18.2 Å². The van der Waals surface area contributed by atoms with Gasteiger partial charge in [-0.05, 0) is 61.4 Å². The van der Waals surface area contributed by atoms with Crippen LogP contribution in [0, 0.1) is 5.92 Å². The molecule has 2 N–H and O–H groups in total. The lowest BCUT2D eigenvalue weighted by atomic mass is 9.71. The molecule has 4 nitrogen and oxygen atoms in total. The maximum absolute atomic E-state index is 11.5. The molecule has 6 heteroatoms. The zero-order chi connectivity index (χ0) is 13.5. The smallest absolute Gasteiger partial charge is 0.229 e. The van der Waals surface area contributed by atoms with E-state index in [1.807, 2.05) is 12.1 Å². The summed E-state index contributed by atoms with van der Waals surface area (Å²) in [4.78, 5) is 0. The van der Waals surface area contributed by atoms with Crippen molar-refractivity contribution in [2.75, 3.05) is 24.1 Å². The van der Waals surface area contributed by atoms with Gasteiger partial charge >= 0.3 is 0 Å². The molecule has 1 aliphatic carbocycles. The number of anilines is 1. The number of nitrogens with one attached hydrogen (secondary N) is 2. The molecule has 1 aliphatic heterocycles. The van der Waals surface area contributed by atoms with E-state index in [2.05, 4.69) is 16.1 Å². The minimum Gasteiger partial charge on any atom is -0.316 e. The number of hydrogen-bond donors (Lipinski definition) is 2. The monoisotopic (exact) mass is 316 g/mol. The Labute approximate surface area is 126 Å². The molecule has 0 spiro atoms.